The zero-order valence-corrected chi connectivity index (χ0v) is 20.3. The van der Waals surface area contributed by atoms with Crippen molar-refractivity contribution in [3.8, 4) is 0 Å². The summed E-state index contributed by atoms with van der Waals surface area (Å²) in [6, 6.07) is 9.82. The number of nitrogens with one attached hydrogen (secondary N) is 1. The molecule has 0 fully saturated rings. The highest BCUT2D eigenvalue weighted by molar-refractivity contribution is 6.10. The van der Waals surface area contributed by atoms with E-state index in [0.29, 0.717) is 25.0 Å². The summed E-state index contributed by atoms with van der Waals surface area (Å²) in [5.74, 6) is -0.107. The van der Waals surface area contributed by atoms with Gasteiger partial charge in [0.15, 0.2) is 5.78 Å². The average molecular weight is 441 g/mol. The number of anilines is 1. The molecule has 0 amide bonds. The highest BCUT2D eigenvalue weighted by Gasteiger charge is 2.19. The zero-order valence-electron chi connectivity index (χ0n) is 20.3. The summed E-state index contributed by atoms with van der Waals surface area (Å²) in [4.78, 5) is 25.0. The molecule has 0 saturated heterocycles. The second kappa shape index (κ2) is 13.8. The van der Waals surface area contributed by atoms with Crippen LogP contribution >= 0.6 is 0 Å². The van der Waals surface area contributed by atoms with E-state index in [-0.39, 0.29) is 11.8 Å². The first-order chi connectivity index (χ1) is 15.5. The van der Waals surface area contributed by atoms with Crippen LogP contribution in [0.5, 0.6) is 0 Å². The predicted octanol–water partition coefficient (Wildman–Crippen LogP) is 6.09. The molecule has 1 aromatic carbocycles. The van der Waals surface area contributed by atoms with Gasteiger partial charge in [-0.15, -0.1) is 0 Å². The lowest BCUT2D eigenvalue weighted by Crippen LogP contribution is -2.08. The maximum absolute atomic E-state index is 13.3. The molecule has 0 unspecified atom stereocenters. The summed E-state index contributed by atoms with van der Waals surface area (Å²) in [6.07, 6.45) is 8.86. The second-order valence-electron chi connectivity index (χ2n) is 8.32. The van der Waals surface area contributed by atoms with Gasteiger partial charge in [-0.2, -0.15) is 0 Å². The monoisotopic (exact) mass is 440 g/mol. The molecule has 32 heavy (non-hydrogen) atoms. The van der Waals surface area contributed by atoms with Crippen molar-refractivity contribution in [2.24, 2.45) is 7.05 Å². The first-order valence-corrected chi connectivity index (χ1v) is 12.2. The molecule has 1 N–H and O–H groups in total. The highest BCUT2D eigenvalue weighted by Crippen LogP contribution is 2.23. The molecule has 0 radical (unpaired) electrons. The minimum Gasteiger partial charge on any atom is -0.466 e. The molecule has 2 rings (SSSR count). The van der Waals surface area contributed by atoms with Crippen molar-refractivity contribution < 1.29 is 14.3 Å². The number of hydrogen-bond donors (Lipinski definition) is 1. The summed E-state index contributed by atoms with van der Waals surface area (Å²) >= 11 is 0. The number of benzene rings is 1. The summed E-state index contributed by atoms with van der Waals surface area (Å²) in [5.41, 5.74) is 4.58. The molecular formula is C27H40N2O3. The highest BCUT2D eigenvalue weighted by atomic mass is 16.5. The van der Waals surface area contributed by atoms with E-state index in [1.165, 1.54) is 25.7 Å². The number of carbonyl (C=O) groups excluding carboxylic acids is 2. The van der Waals surface area contributed by atoms with Crippen LogP contribution in [0.25, 0.3) is 0 Å². The smallest absolute Gasteiger partial charge is 0.305 e. The molecule has 1 heterocycles. The van der Waals surface area contributed by atoms with Gasteiger partial charge in [-0.3, -0.25) is 9.59 Å². The summed E-state index contributed by atoms with van der Waals surface area (Å²) in [7, 11) is 2.01. The van der Waals surface area contributed by atoms with Crippen molar-refractivity contribution >= 4 is 17.4 Å². The van der Waals surface area contributed by atoms with Gasteiger partial charge in [0, 0.05) is 48.2 Å². The molecule has 0 aliphatic heterocycles. The van der Waals surface area contributed by atoms with Gasteiger partial charge < -0.3 is 14.6 Å². The Bertz CT molecular complexity index is 870. The topological polar surface area (TPSA) is 60.3 Å². The van der Waals surface area contributed by atoms with E-state index >= 15 is 0 Å². The molecule has 0 aliphatic carbocycles. The van der Waals surface area contributed by atoms with Crippen LogP contribution in [0.3, 0.4) is 0 Å². The Labute approximate surface area is 193 Å². The van der Waals surface area contributed by atoms with E-state index in [1.54, 1.807) is 0 Å². The lowest BCUT2D eigenvalue weighted by molar-refractivity contribution is -0.143. The molecule has 5 nitrogen and oxygen atoms in total. The third-order valence-corrected chi connectivity index (χ3v) is 5.89. The number of esters is 1. The Hall–Kier alpha value is -2.56. The molecule has 0 spiro atoms. The van der Waals surface area contributed by atoms with Crippen LogP contribution in [0.2, 0.25) is 0 Å². The fourth-order valence-corrected chi connectivity index (χ4v) is 4.10. The van der Waals surface area contributed by atoms with E-state index in [4.69, 9.17) is 4.74 Å². The Morgan fingerprint density at radius 3 is 2.50 bits per heavy atom. The summed E-state index contributed by atoms with van der Waals surface area (Å²) < 4.78 is 7.12. The molecular weight excluding hydrogens is 400 g/mol. The Balaban J connectivity index is 2.04. The van der Waals surface area contributed by atoms with E-state index in [9.17, 15) is 9.59 Å². The second-order valence-corrected chi connectivity index (χ2v) is 8.32. The Kier molecular flexibility index (Phi) is 11.1. The quantitative estimate of drug-likeness (QED) is 0.207. The van der Waals surface area contributed by atoms with Crippen molar-refractivity contribution in [3.63, 3.8) is 0 Å². The normalized spacial score (nSPS) is 10.9. The number of aryl methyl sites for hydroxylation is 1. The summed E-state index contributed by atoms with van der Waals surface area (Å²) in [5, 5.41) is 3.46. The van der Waals surface area contributed by atoms with Gasteiger partial charge >= 0.3 is 5.97 Å². The van der Waals surface area contributed by atoms with E-state index < -0.39 is 0 Å². The van der Waals surface area contributed by atoms with Crippen LogP contribution in [0.15, 0.2) is 30.3 Å². The van der Waals surface area contributed by atoms with Crippen molar-refractivity contribution in [2.75, 3.05) is 18.5 Å². The minimum atomic E-state index is -0.164. The first-order valence-electron chi connectivity index (χ1n) is 12.2. The van der Waals surface area contributed by atoms with Crippen LogP contribution in [-0.4, -0.2) is 29.5 Å². The number of unbranched alkanes of at least 4 members (excludes halogenated alkanes) is 4. The lowest BCUT2D eigenvalue weighted by atomic mass is 10.0. The van der Waals surface area contributed by atoms with Gasteiger partial charge in [0.05, 0.1) is 6.61 Å². The average Bonchev–Trinajstić information content (AvgIpc) is 3.11. The Morgan fingerprint density at radius 2 is 1.78 bits per heavy atom. The SMILES string of the molecule is CCCCCCCNc1cccc(C(=O)c2cc(CCCC(=O)OCC)n(C)c2CC)c1. The Morgan fingerprint density at radius 1 is 1.00 bits per heavy atom. The molecule has 0 bridgehead atoms. The molecule has 0 aliphatic rings. The van der Waals surface area contributed by atoms with Gasteiger partial charge in [0.25, 0.3) is 0 Å². The number of nitrogens with zero attached hydrogens (tertiary/aromatic N) is 1. The van der Waals surface area contributed by atoms with E-state index in [2.05, 4.69) is 23.7 Å². The molecule has 0 saturated carbocycles. The third-order valence-electron chi connectivity index (χ3n) is 5.89. The number of ether oxygens (including phenoxy) is 1. The molecule has 0 atom stereocenters. The van der Waals surface area contributed by atoms with Crippen molar-refractivity contribution in [1.29, 1.82) is 0 Å². The van der Waals surface area contributed by atoms with Crippen molar-refractivity contribution in [2.45, 2.75) is 78.6 Å². The maximum Gasteiger partial charge on any atom is 0.305 e. The standard InChI is InChI=1S/C27H40N2O3/c1-5-8-9-10-11-18-28-22-15-12-14-21(19-22)27(31)24-20-23(29(4)25(24)6-2)16-13-17-26(30)32-7-3/h12,14-15,19-20,28H,5-11,13,16-18H2,1-4H3. The van der Waals surface area contributed by atoms with Crippen LogP contribution in [0, 0.1) is 0 Å². The van der Waals surface area contributed by atoms with E-state index in [1.807, 2.05) is 44.3 Å². The van der Waals surface area contributed by atoms with Crippen molar-refractivity contribution in [1.82, 2.24) is 4.57 Å². The van der Waals surface area contributed by atoms with Crippen LogP contribution in [0.4, 0.5) is 5.69 Å². The molecule has 1 aromatic heterocycles. The number of ketones is 1. The molecule has 176 valence electrons. The van der Waals surface area contributed by atoms with Gasteiger partial charge in [-0.05, 0) is 50.8 Å². The molecule has 2 aromatic rings. The minimum absolute atomic E-state index is 0.0562. The van der Waals surface area contributed by atoms with Gasteiger partial charge in [-0.1, -0.05) is 51.7 Å². The number of aromatic nitrogens is 1. The van der Waals surface area contributed by atoms with Crippen LogP contribution in [0.1, 0.15) is 93.0 Å². The van der Waals surface area contributed by atoms with Gasteiger partial charge in [0.1, 0.15) is 0 Å². The maximum atomic E-state index is 13.3. The summed E-state index contributed by atoms with van der Waals surface area (Å²) in [6.45, 7) is 7.46. The van der Waals surface area contributed by atoms with E-state index in [0.717, 1.165) is 48.4 Å². The van der Waals surface area contributed by atoms with Crippen LogP contribution < -0.4 is 5.32 Å². The largest absolute Gasteiger partial charge is 0.466 e. The number of rotatable bonds is 15. The van der Waals surface area contributed by atoms with Gasteiger partial charge in [0.2, 0.25) is 0 Å². The molecule has 5 heteroatoms. The predicted molar refractivity (Wildman–Crippen MR) is 131 cm³/mol. The fraction of sp³-hybridized carbons (Fsp3) is 0.556. The lowest BCUT2D eigenvalue weighted by Gasteiger charge is -2.09. The number of carbonyl (C=O) groups is 2. The van der Waals surface area contributed by atoms with Gasteiger partial charge in [-0.25, -0.2) is 0 Å². The van der Waals surface area contributed by atoms with Crippen molar-refractivity contribution in [3.05, 3.63) is 52.8 Å². The van der Waals surface area contributed by atoms with Crippen LogP contribution in [-0.2, 0) is 29.4 Å². The zero-order chi connectivity index (χ0) is 23.3. The fourth-order valence-electron chi connectivity index (χ4n) is 4.10. The number of hydrogen-bond acceptors (Lipinski definition) is 4. The first kappa shape index (κ1) is 25.7. The third kappa shape index (κ3) is 7.54.